The van der Waals surface area contributed by atoms with Gasteiger partial charge < -0.3 is 19.9 Å². The Morgan fingerprint density at radius 3 is 2.90 bits per heavy atom. The summed E-state index contributed by atoms with van der Waals surface area (Å²) in [5, 5.41) is 15.6. The standard InChI is InChI=1S/C24H38N6O/c1-4-16-31-21-17-19(3)12-13-20(21)18-27-24(25-5-2)26-14-9-11-23-29-28-22-10-7-6-8-15-30(22)23/h12-13,17H,4-11,14-16,18H2,1-3H3,(H2,25,26,27). The second kappa shape index (κ2) is 12.3. The summed E-state index contributed by atoms with van der Waals surface area (Å²) in [5.74, 6) is 4.06. The summed E-state index contributed by atoms with van der Waals surface area (Å²) < 4.78 is 8.26. The molecule has 0 saturated heterocycles. The lowest BCUT2D eigenvalue weighted by molar-refractivity contribution is 0.314. The summed E-state index contributed by atoms with van der Waals surface area (Å²) in [6.07, 6.45) is 7.75. The van der Waals surface area contributed by atoms with E-state index in [0.717, 1.165) is 80.8 Å². The van der Waals surface area contributed by atoms with Gasteiger partial charge in [-0.05, 0) is 51.2 Å². The van der Waals surface area contributed by atoms with E-state index in [0.29, 0.717) is 6.54 Å². The molecule has 1 aliphatic heterocycles. The number of hydrogen-bond acceptors (Lipinski definition) is 4. The van der Waals surface area contributed by atoms with Gasteiger partial charge in [0.15, 0.2) is 5.96 Å². The third-order valence-corrected chi connectivity index (χ3v) is 5.49. The normalized spacial score (nSPS) is 14.1. The van der Waals surface area contributed by atoms with E-state index >= 15 is 0 Å². The van der Waals surface area contributed by atoms with Crippen molar-refractivity contribution in [1.29, 1.82) is 0 Å². The molecule has 0 saturated carbocycles. The summed E-state index contributed by atoms with van der Waals surface area (Å²) in [4.78, 5) is 4.78. The lowest BCUT2D eigenvalue weighted by Crippen LogP contribution is -2.38. The molecule has 170 valence electrons. The van der Waals surface area contributed by atoms with Crippen molar-refractivity contribution in [3.63, 3.8) is 0 Å². The van der Waals surface area contributed by atoms with Crippen LogP contribution in [0.2, 0.25) is 0 Å². The van der Waals surface area contributed by atoms with E-state index in [2.05, 4.69) is 64.4 Å². The van der Waals surface area contributed by atoms with Crippen LogP contribution in [0.15, 0.2) is 23.2 Å². The summed E-state index contributed by atoms with van der Waals surface area (Å²) in [6, 6.07) is 6.33. The summed E-state index contributed by atoms with van der Waals surface area (Å²) in [5.41, 5.74) is 2.32. The Hall–Kier alpha value is -2.57. The van der Waals surface area contributed by atoms with E-state index in [4.69, 9.17) is 9.73 Å². The fraction of sp³-hybridized carbons (Fsp3) is 0.625. The molecule has 2 aromatic rings. The number of ether oxygens (including phenoxy) is 1. The van der Waals surface area contributed by atoms with Crippen LogP contribution in [-0.4, -0.2) is 40.4 Å². The van der Waals surface area contributed by atoms with Crippen LogP contribution in [0, 0.1) is 6.92 Å². The minimum Gasteiger partial charge on any atom is -0.493 e. The number of hydrogen-bond donors (Lipinski definition) is 2. The minimum atomic E-state index is 0.590. The molecule has 0 aliphatic carbocycles. The topological polar surface area (TPSA) is 76.4 Å². The highest BCUT2D eigenvalue weighted by Gasteiger charge is 2.14. The van der Waals surface area contributed by atoms with Gasteiger partial charge in [0, 0.05) is 38.0 Å². The average molecular weight is 427 g/mol. The van der Waals surface area contributed by atoms with Gasteiger partial charge in [-0.15, -0.1) is 10.2 Å². The van der Waals surface area contributed by atoms with Gasteiger partial charge in [-0.2, -0.15) is 0 Å². The van der Waals surface area contributed by atoms with Gasteiger partial charge in [0.2, 0.25) is 0 Å². The molecule has 2 heterocycles. The maximum Gasteiger partial charge on any atom is 0.191 e. The Kier molecular flexibility index (Phi) is 9.18. The van der Waals surface area contributed by atoms with Crippen molar-refractivity contribution in [3.8, 4) is 5.75 Å². The quantitative estimate of drug-likeness (QED) is 0.343. The largest absolute Gasteiger partial charge is 0.493 e. The molecule has 0 amide bonds. The van der Waals surface area contributed by atoms with Gasteiger partial charge in [-0.1, -0.05) is 25.5 Å². The van der Waals surface area contributed by atoms with Crippen LogP contribution in [-0.2, 0) is 25.9 Å². The maximum atomic E-state index is 5.93. The highest BCUT2D eigenvalue weighted by Crippen LogP contribution is 2.21. The Labute approximate surface area is 186 Å². The van der Waals surface area contributed by atoms with Crippen molar-refractivity contribution in [2.24, 2.45) is 4.99 Å². The lowest BCUT2D eigenvalue weighted by atomic mass is 10.1. The van der Waals surface area contributed by atoms with Gasteiger partial charge in [0.1, 0.15) is 17.4 Å². The molecule has 1 aromatic carbocycles. The van der Waals surface area contributed by atoms with Crippen molar-refractivity contribution in [3.05, 3.63) is 41.0 Å². The molecule has 2 N–H and O–H groups in total. The Bertz CT molecular complexity index is 845. The average Bonchev–Trinajstić information content (AvgIpc) is 3.00. The first kappa shape index (κ1) is 23.1. The first-order chi connectivity index (χ1) is 15.2. The van der Waals surface area contributed by atoms with Crippen molar-refractivity contribution < 1.29 is 4.74 Å². The van der Waals surface area contributed by atoms with Crippen LogP contribution in [0.1, 0.15) is 68.7 Å². The van der Waals surface area contributed by atoms with Gasteiger partial charge in [0.05, 0.1) is 13.2 Å². The zero-order valence-corrected chi connectivity index (χ0v) is 19.4. The van der Waals surface area contributed by atoms with Crippen molar-refractivity contribution in [2.45, 2.75) is 78.8 Å². The highest BCUT2D eigenvalue weighted by atomic mass is 16.5. The predicted octanol–water partition coefficient (Wildman–Crippen LogP) is 3.79. The Morgan fingerprint density at radius 2 is 2.06 bits per heavy atom. The number of aryl methyl sites for hydroxylation is 3. The number of fused-ring (bicyclic) bond motifs is 1. The summed E-state index contributed by atoms with van der Waals surface area (Å²) in [7, 11) is 0. The first-order valence-corrected chi connectivity index (χ1v) is 11.9. The van der Waals surface area contributed by atoms with Gasteiger partial charge in [0.25, 0.3) is 0 Å². The van der Waals surface area contributed by atoms with E-state index in [1.165, 1.54) is 24.8 Å². The Balaban J connectivity index is 1.53. The number of nitrogens with one attached hydrogen (secondary N) is 2. The second-order valence-electron chi connectivity index (χ2n) is 8.18. The molecular weight excluding hydrogens is 388 g/mol. The second-order valence-corrected chi connectivity index (χ2v) is 8.18. The number of aliphatic imine (C=N–C) groups is 1. The highest BCUT2D eigenvalue weighted by molar-refractivity contribution is 5.79. The zero-order chi connectivity index (χ0) is 21.9. The van der Waals surface area contributed by atoms with Gasteiger partial charge in [-0.25, -0.2) is 4.99 Å². The number of benzene rings is 1. The van der Waals surface area contributed by atoms with E-state index in [1.54, 1.807) is 0 Å². The molecule has 31 heavy (non-hydrogen) atoms. The van der Waals surface area contributed by atoms with E-state index in [9.17, 15) is 0 Å². The first-order valence-electron chi connectivity index (χ1n) is 11.9. The third kappa shape index (κ3) is 6.97. The molecular formula is C24H38N6O. The third-order valence-electron chi connectivity index (χ3n) is 5.49. The molecule has 1 aliphatic rings. The fourth-order valence-electron chi connectivity index (χ4n) is 3.83. The summed E-state index contributed by atoms with van der Waals surface area (Å²) >= 11 is 0. The molecule has 0 atom stereocenters. The molecule has 7 heteroatoms. The molecule has 0 bridgehead atoms. The molecule has 0 fully saturated rings. The molecule has 0 radical (unpaired) electrons. The van der Waals surface area contributed by atoms with Crippen LogP contribution >= 0.6 is 0 Å². The lowest BCUT2D eigenvalue weighted by Gasteiger charge is -2.13. The minimum absolute atomic E-state index is 0.590. The fourth-order valence-corrected chi connectivity index (χ4v) is 3.83. The maximum absolute atomic E-state index is 5.93. The number of nitrogens with zero attached hydrogens (tertiary/aromatic N) is 4. The predicted molar refractivity (Wildman–Crippen MR) is 126 cm³/mol. The van der Waals surface area contributed by atoms with E-state index in [1.807, 2.05) is 0 Å². The summed E-state index contributed by atoms with van der Waals surface area (Å²) in [6.45, 7) is 10.4. The van der Waals surface area contributed by atoms with E-state index < -0.39 is 0 Å². The van der Waals surface area contributed by atoms with Crippen LogP contribution in [0.4, 0.5) is 0 Å². The van der Waals surface area contributed by atoms with Crippen LogP contribution in [0.25, 0.3) is 0 Å². The zero-order valence-electron chi connectivity index (χ0n) is 19.4. The van der Waals surface area contributed by atoms with E-state index in [-0.39, 0.29) is 0 Å². The number of aromatic nitrogens is 3. The smallest absolute Gasteiger partial charge is 0.191 e. The Morgan fingerprint density at radius 1 is 1.16 bits per heavy atom. The van der Waals surface area contributed by atoms with Gasteiger partial charge in [-0.3, -0.25) is 0 Å². The van der Waals surface area contributed by atoms with Gasteiger partial charge >= 0.3 is 0 Å². The molecule has 0 unspecified atom stereocenters. The van der Waals surface area contributed by atoms with Crippen LogP contribution in [0.5, 0.6) is 5.75 Å². The molecule has 3 rings (SSSR count). The van der Waals surface area contributed by atoms with Crippen molar-refractivity contribution >= 4 is 5.96 Å². The molecule has 1 aromatic heterocycles. The van der Waals surface area contributed by atoms with Crippen molar-refractivity contribution in [2.75, 3.05) is 19.7 Å². The van der Waals surface area contributed by atoms with Crippen molar-refractivity contribution in [1.82, 2.24) is 25.4 Å². The van der Waals surface area contributed by atoms with Crippen LogP contribution < -0.4 is 15.4 Å². The SMILES string of the molecule is CCCOc1cc(C)ccc1CN=C(NCC)NCCCc1nnc2n1CCCCC2. The van der Waals surface area contributed by atoms with Crippen LogP contribution in [0.3, 0.4) is 0 Å². The number of guanidine groups is 1. The number of rotatable bonds is 10. The monoisotopic (exact) mass is 426 g/mol. The molecule has 0 spiro atoms. The molecule has 7 nitrogen and oxygen atoms in total.